The van der Waals surface area contributed by atoms with Gasteiger partial charge in [-0.05, 0) is 24.5 Å². The van der Waals surface area contributed by atoms with Crippen LogP contribution in [0.3, 0.4) is 0 Å². The van der Waals surface area contributed by atoms with Crippen molar-refractivity contribution >= 4 is 17.5 Å². The quantitative estimate of drug-likeness (QED) is 0.917. The molecule has 0 spiro atoms. The lowest BCUT2D eigenvalue weighted by Crippen LogP contribution is -2.49. The molecule has 2 amide bonds. The average Bonchev–Trinajstić information content (AvgIpc) is 2.54. The van der Waals surface area contributed by atoms with E-state index in [-0.39, 0.29) is 17.7 Å². The number of hydrogen-bond acceptors (Lipinski definition) is 2. The van der Waals surface area contributed by atoms with Gasteiger partial charge in [0.1, 0.15) is 6.04 Å². The van der Waals surface area contributed by atoms with Gasteiger partial charge in [-0.1, -0.05) is 39.3 Å². The maximum absolute atomic E-state index is 12.7. The summed E-state index contributed by atoms with van der Waals surface area (Å²) in [7, 11) is 0. The van der Waals surface area contributed by atoms with Gasteiger partial charge in [0.2, 0.25) is 5.91 Å². The number of amides is 2. The largest absolute Gasteiger partial charge is 0.340 e. The fourth-order valence-corrected chi connectivity index (χ4v) is 2.47. The number of unbranched alkanes of at least 4 members (excludes halogenated alkanes) is 1. The number of benzene rings is 1. The molecule has 1 N–H and O–H groups in total. The van der Waals surface area contributed by atoms with Gasteiger partial charge < -0.3 is 10.2 Å². The fraction of sp³-hybridized carbons (Fsp3) is 0.500. The Kier molecular flexibility index (Phi) is 4.42. The van der Waals surface area contributed by atoms with Crippen LogP contribution in [0.2, 0.25) is 0 Å². The Morgan fingerprint density at radius 1 is 1.25 bits per heavy atom. The van der Waals surface area contributed by atoms with Gasteiger partial charge in [0.15, 0.2) is 0 Å². The molecule has 0 saturated heterocycles. The number of hydrogen-bond donors (Lipinski definition) is 1. The molecule has 4 nitrogen and oxygen atoms in total. The highest BCUT2D eigenvalue weighted by Gasteiger charge is 2.34. The van der Waals surface area contributed by atoms with Gasteiger partial charge in [-0.15, -0.1) is 0 Å². The third kappa shape index (κ3) is 2.69. The normalized spacial score (nSPS) is 18.8. The SMILES string of the molecule is CCCCN1C(=O)[C@H](C(C)C)NC(=O)c2ccccc21. The molecular weight excluding hydrogens is 252 g/mol. The van der Waals surface area contributed by atoms with Crippen LogP contribution in [0.15, 0.2) is 24.3 Å². The molecule has 0 saturated carbocycles. The molecule has 0 aromatic heterocycles. The van der Waals surface area contributed by atoms with E-state index in [4.69, 9.17) is 0 Å². The lowest BCUT2D eigenvalue weighted by molar-refractivity contribution is -0.121. The summed E-state index contributed by atoms with van der Waals surface area (Å²) >= 11 is 0. The summed E-state index contributed by atoms with van der Waals surface area (Å²) in [6, 6.07) is 6.88. The molecule has 0 radical (unpaired) electrons. The zero-order valence-corrected chi connectivity index (χ0v) is 12.3. The molecule has 1 aliphatic rings. The van der Waals surface area contributed by atoms with Crippen LogP contribution in [0.25, 0.3) is 0 Å². The number of rotatable bonds is 4. The minimum Gasteiger partial charge on any atom is -0.340 e. The minimum atomic E-state index is -0.452. The second-order valence-electron chi connectivity index (χ2n) is 5.56. The monoisotopic (exact) mass is 274 g/mol. The van der Waals surface area contributed by atoms with Crippen LogP contribution in [-0.4, -0.2) is 24.4 Å². The first-order valence-corrected chi connectivity index (χ1v) is 7.27. The van der Waals surface area contributed by atoms with Crippen molar-refractivity contribution < 1.29 is 9.59 Å². The second kappa shape index (κ2) is 6.07. The summed E-state index contributed by atoms with van der Waals surface area (Å²) in [5.74, 6) is -0.0942. The lowest BCUT2D eigenvalue weighted by Gasteiger charge is -2.26. The maximum atomic E-state index is 12.7. The number of nitrogens with one attached hydrogen (secondary N) is 1. The van der Waals surface area contributed by atoms with E-state index in [0.29, 0.717) is 12.1 Å². The summed E-state index contributed by atoms with van der Waals surface area (Å²) in [5.41, 5.74) is 1.31. The van der Waals surface area contributed by atoms with E-state index in [9.17, 15) is 9.59 Å². The molecule has 0 aliphatic carbocycles. The summed E-state index contributed by atoms with van der Waals surface area (Å²) < 4.78 is 0. The highest BCUT2D eigenvalue weighted by Crippen LogP contribution is 2.26. The highest BCUT2D eigenvalue weighted by atomic mass is 16.2. The number of nitrogens with zero attached hydrogens (tertiary/aromatic N) is 1. The number of para-hydroxylation sites is 1. The summed E-state index contributed by atoms with van der Waals surface area (Å²) in [4.78, 5) is 26.8. The van der Waals surface area contributed by atoms with Gasteiger partial charge in [0.05, 0.1) is 11.3 Å². The molecule has 0 bridgehead atoms. The maximum Gasteiger partial charge on any atom is 0.254 e. The molecule has 108 valence electrons. The van der Waals surface area contributed by atoms with Crippen molar-refractivity contribution in [3.63, 3.8) is 0 Å². The van der Waals surface area contributed by atoms with Crippen molar-refractivity contribution in [1.29, 1.82) is 0 Å². The van der Waals surface area contributed by atoms with Crippen LogP contribution < -0.4 is 10.2 Å². The highest BCUT2D eigenvalue weighted by molar-refractivity contribution is 6.11. The number of anilines is 1. The summed E-state index contributed by atoms with van der Waals surface area (Å²) in [6.45, 7) is 6.66. The van der Waals surface area contributed by atoms with Gasteiger partial charge >= 0.3 is 0 Å². The minimum absolute atomic E-state index is 0.00764. The van der Waals surface area contributed by atoms with Gasteiger partial charge in [-0.3, -0.25) is 9.59 Å². The van der Waals surface area contributed by atoms with Crippen LogP contribution in [-0.2, 0) is 4.79 Å². The fourth-order valence-electron chi connectivity index (χ4n) is 2.47. The first kappa shape index (κ1) is 14.6. The van der Waals surface area contributed by atoms with E-state index >= 15 is 0 Å². The number of fused-ring (bicyclic) bond motifs is 1. The Balaban J connectivity index is 2.45. The van der Waals surface area contributed by atoms with Crippen molar-refractivity contribution in [3.8, 4) is 0 Å². The molecule has 1 aromatic carbocycles. The van der Waals surface area contributed by atoms with E-state index in [1.54, 1.807) is 11.0 Å². The molecule has 0 unspecified atom stereocenters. The van der Waals surface area contributed by atoms with Gasteiger partial charge in [-0.25, -0.2) is 0 Å². The molecule has 0 fully saturated rings. The summed E-state index contributed by atoms with van der Waals surface area (Å²) in [5, 5.41) is 2.86. The first-order valence-electron chi connectivity index (χ1n) is 7.27. The Bertz CT molecular complexity index is 511. The molecule has 2 rings (SSSR count). The topological polar surface area (TPSA) is 49.4 Å². The van der Waals surface area contributed by atoms with Crippen molar-refractivity contribution in [2.75, 3.05) is 11.4 Å². The van der Waals surface area contributed by atoms with E-state index in [1.165, 1.54) is 0 Å². The predicted molar refractivity (Wildman–Crippen MR) is 79.8 cm³/mol. The number of carbonyl (C=O) groups is 2. The third-order valence-electron chi connectivity index (χ3n) is 3.66. The van der Waals surface area contributed by atoms with E-state index in [2.05, 4.69) is 12.2 Å². The predicted octanol–water partition coefficient (Wildman–Crippen LogP) is 2.59. The molecular formula is C16H22N2O2. The Morgan fingerprint density at radius 2 is 1.95 bits per heavy atom. The van der Waals surface area contributed by atoms with E-state index in [0.717, 1.165) is 18.5 Å². The van der Waals surface area contributed by atoms with Crippen molar-refractivity contribution in [1.82, 2.24) is 5.32 Å². The van der Waals surface area contributed by atoms with Gasteiger partial charge in [0.25, 0.3) is 5.91 Å². The Labute approximate surface area is 120 Å². The smallest absolute Gasteiger partial charge is 0.254 e. The molecule has 1 atom stereocenters. The average molecular weight is 274 g/mol. The van der Waals surface area contributed by atoms with E-state index < -0.39 is 6.04 Å². The van der Waals surface area contributed by atoms with Gasteiger partial charge in [0, 0.05) is 6.54 Å². The zero-order chi connectivity index (χ0) is 14.7. The van der Waals surface area contributed by atoms with Crippen molar-refractivity contribution in [3.05, 3.63) is 29.8 Å². The second-order valence-corrected chi connectivity index (χ2v) is 5.56. The van der Waals surface area contributed by atoms with Crippen LogP contribution in [0.4, 0.5) is 5.69 Å². The standard InChI is InChI=1S/C16H22N2O2/c1-4-5-10-18-13-9-7-6-8-12(13)15(19)17-14(11(2)3)16(18)20/h6-9,11,14H,4-5,10H2,1-3H3,(H,17,19)/t14-/m0/s1. The molecule has 1 heterocycles. The van der Waals surface area contributed by atoms with Crippen molar-refractivity contribution in [2.24, 2.45) is 5.92 Å². The Hall–Kier alpha value is -1.84. The molecule has 20 heavy (non-hydrogen) atoms. The summed E-state index contributed by atoms with van der Waals surface area (Å²) in [6.07, 6.45) is 1.94. The van der Waals surface area contributed by atoms with Crippen LogP contribution in [0.1, 0.15) is 44.0 Å². The van der Waals surface area contributed by atoms with Crippen LogP contribution >= 0.6 is 0 Å². The first-order chi connectivity index (χ1) is 9.56. The number of carbonyl (C=O) groups excluding carboxylic acids is 2. The van der Waals surface area contributed by atoms with Gasteiger partial charge in [-0.2, -0.15) is 0 Å². The van der Waals surface area contributed by atoms with Crippen LogP contribution in [0.5, 0.6) is 0 Å². The van der Waals surface area contributed by atoms with Crippen molar-refractivity contribution in [2.45, 2.75) is 39.7 Å². The molecule has 1 aromatic rings. The van der Waals surface area contributed by atoms with Crippen LogP contribution in [0, 0.1) is 5.92 Å². The third-order valence-corrected chi connectivity index (χ3v) is 3.66. The Morgan fingerprint density at radius 3 is 2.60 bits per heavy atom. The molecule has 1 aliphatic heterocycles. The zero-order valence-electron chi connectivity index (χ0n) is 12.3. The van der Waals surface area contributed by atoms with E-state index in [1.807, 2.05) is 32.0 Å². The lowest BCUT2D eigenvalue weighted by atomic mass is 10.0. The molecule has 4 heteroatoms.